The summed E-state index contributed by atoms with van der Waals surface area (Å²) >= 11 is 1.90. The average Bonchev–Trinajstić information content (AvgIpc) is 3.48. The van der Waals surface area contributed by atoms with Crippen molar-refractivity contribution in [3.63, 3.8) is 0 Å². The van der Waals surface area contributed by atoms with Crippen LogP contribution in [0.25, 0.3) is 86.0 Å². The Bertz CT molecular complexity index is 2470. The number of hydrogen-bond donors (Lipinski definition) is 0. The van der Waals surface area contributed by atoms with E-state index < -0.39 is 0 Å². The first kappa shape index (κ1) is 24.3. The number of aromatic nitrogens is 1. The molecule has 0 fully saturated rings. The molecule has 43 heavy (non-hydrogen) atoms. The van der Waals surface area contributed by atoms with Crippen molar-refractivity contribution in [3.8, 4) is 33.4 Å². The molecule has 0 atom stereocenters. The van der Waals surface area contributed by atoms with Crippen molar-refractivity contribution in [1.29, 1.82) is 0 Å². The lowest BCUT2D eigenvalue weighted by atomic mass is 9.94. The Morgan fingerprint density at radius 1 is 0.349 bits per heavy atom. The van der Waals surface area contributed by atoms with Gasteiger partial charge in [-0.15, -0.1) is 11.3 Å². The molecule has 0 radical (unpaired) electrons. The van der Waals surface area contributed by atoms with Crippen molar-refractivity contribution in [2.24, 2.45) is 0 Å². The maximum Gasteiger partial charge on any atom is 0.0787 e. The minimum Gasteiger partial charge on any atom is -0.255 e. The molecule has 0 aliphatic rings. The van der Waals surface area contributed by atoms with Gasteiger partial charge in [-0.1, -0.05) is 133 Å². The Labute approximate surface area is 253 Å². The topological polar surface area (TPSA) is 12.9 Å². The first-order chi connectivity index (χ1) is 21.3. The molecule has 0 spiro atoms. The second kappa shape index (κ2) is 9.62. The van der Waals surface area contributed by atoms with Gasteiger partial charge in [0.05, 0.1) is 5.52 Å². The Balaban J connectivity index is 1.22. The van der Waals surface area contributed by atoms with Crippen molar-refractivity contribution in [2.45, 2.75) is 0 Å². The molecule has 0 amide bonds. The van der Waals surface area contributed by atoms with E-state index in [0.29, 0.717) is 0 Å². The maximum atomic E-state index is 5.06. The van der Waals surface area contributed by atoms with Gasteiger partial charge in [-0.25, -0.2) is 0 Å². The molecule has 2 aromatic heterocycles. The summed E-state index contributed by atoms with van der Waals surface area (Å²) in [6.07, 6.45) is 2.04. The standard InChI is InChI=1S/C41H25NS/c1-2-11-26(12-3-1)30-19-9-21-36-37-22-10-20-31(41(37)43-40(30)36)28-14-8-13-27(23-28)29-24-38-34-17-5-4-15-32(34)33-16-6-7-18-35(33)39(38)42-25-29/h1-25H. The zero-order chi connectivity index (χ0) is 28.3. The van der Waals surface area contributed by atoms with Gasteiger partial charge in [0, 0.05) is 42.7 Å². The summed E-state index contributed by atoms with van der Waals surface area (Å²) in [6, 6.07) is 52.7. The zero-order valence-electron chi connectivity index (χ0n) is 23.3. The summed E-state index contributed by atoms with van der Waals surface area (Å²) in [4.78, 5) is 5.06. The van der Waals surface area contributed by atoms with Gasteiger partial charge in [0.15, 0.2) is 0 Å². The average molecular weight is 564 g/mol. The first-order valence-corrected chi connectivity index (χ1v) is 15.4. The van der Waals surface area contributed by atoms with Gasteiger partial charge >= 0.3 is 0 Å². The summed E-state index contributed by atoms with van der Waals surface area (Å²) in [7, 11) is 0. The monoisotopic (exact) mass is 563 g/mol. The second-order valence-electron chi connectivity index (χ2n) is 11.1. The smallest absolute Gasteiger partial charge is 0.0787 e. The lowest BCUT2D eigenvalue weighted by Crippen LogP contribution is -1.88. The van der Waals surface area contributed by atoms with Crippen LogP contribution in [0.15, 0.2) is 152 Å². The van der Waals surface area contributed by atoms with E-state index in [4.69, 9.17) is 4.98 Å². The molecule has 0 bridgehead atoms. The van der Waals surface area contributed by atoms with Crippen LogP contribution in [-0.2, 0) is 0 Å². The van der Waals surface area contributed by atoms with Crippen LogP contribution < -0.4 is 0 Å². The molecule has 0 unspecified atom stereocenters. The number of hydrogen-bond acceptors (Lipinski definition) is 2. The molecule has 0 aliphatic carbocycles. The Morgan fingerprint density at radius 2 is 0.860 bits per heavy atom. The van der Waals surface area contributed by atoms with Gasteiger partial charge in [0.25, 0.3) is 0 Å². The Kier molecular flexibility index (Phi) is 5.44. The number of fused-ring (bicyclic) bond motifs is 9. The highest BCUT2D eigenvalue weighted by molar-refractivity contribution is 7.26. The van der Waals surface area contributed by atoms with E-state index in [0.717, 1.165) is 11.1 Å². The molecule has 0 aliphatic heterocycles. The van der Waals surface area contributed by atoms with E-state index in [1.165, 1.54) is 74.9 Å². The molecular formula is C41H25NS. The fourth-order valence-electron chi connectivity index (χ4n) is 6.68. The highest BCUT2D eigenvalue weighted by atomic mass is 32.1. The highest BCUT2D eigenvalue weighted by Crippen LogP contribution is 2.44. The van der Waals surface area contributed by atoms with Gasteiger partial charge < -0.3 is 0 Å². The van der Waals surface area contributed by atoms with Crippen molar-refractivity contribution in [3.05, 3.63) is 152 Å². The molecule has 7 aromatic carbocycles. The molecule has 0 N–H and O–H groups in total. The third kappa shape index (κ3) is 3.81. The minimum absolute atomic E-state index is 1.05. The van der Waals surface area contributed by atoms with E-state index in [2.05, 4.69) is 146 Å². The van der Waals surface area contributed by atoms with Gasteiger partial charge in [0.2, 0.25) is 0 Å². The normalized spacial score (nSPS) is 11.7. The molecule has 9 rings (SSSR count). The fourth-order valence-corrected chi connectivity index (χ4v) is 8.05. The predicted molar refractivity (Wildman–Crippen MR) is 186 cm³/mol. The van der Waals surface area contributed by atoms with Crippen LogP contribution in [0.5, 0.6) is 0 Å². The lowest BCUT2D eigenvalue weighted by Gasteiger charge is -2.12. The molecule has 0 saturated carbocycles. The Hall–Kier alpha value is -5.31. The SMILES string of the molecule is c1ccc(-c2cccc3c2sc2c(-c4cccc(-c5cnc6c7ccccc7c7ccccc7c6c5)c4)cccc23)cc1. The molecule has 1 nitrogen and oxygen atoms in total. The van der Waals surface area contributed by atoms with E-state index in [1.54, 1.807) is 0 Å². The maximum absolute atomic E-state index is 5.06. The van der Waals surface area contributed by atoms with Crippen LogP contribution in [-0.4, -0.2) is 4.98 Å². The van der Waals surface area contributed by atoms with Gasteiger partial charge in [-0.3, -0.25) is 4.98 Å². The van der Waals surface area contributed by atoms with Crippen molar-refractivity contribution < 1.29 is 0 Å². The number of benzene rings is 7. The van der Waals surface area contributed by atoms with Crippen LogP contribution >= 0.6 is 11.3 Å². The van der Waals surface area contributed by atoms with Crippen LogP contribution in [0.4, 0.5) is 0 Å². The first-order valence-electron chi connectivity index (χ1n) is 14.6. The van der Waals surface area contributed by atoms with E-state index in [-0.39, 0.29) is 0 Å². The minimum atomic E-state index is 1.05. The third-order valence-electron chi connectivity index (χ3n) is 8.69. The number of pyridine rings is 1. The highest BCUT2D eigenvalue weighted by Gasteiger charge is 2.15. The second-order valence-corrected chi connectivity index (χ2v) is 12.1. The summed E-state index contributed by atoms with van der Waals surface area (Å²) in [5, 5.41) is 8.78. The summed E-state index contributed by atoms with van der Waals surface area (Å²) < 4.78 is 2.66. The van der Waals surface area contributed by atoms with E-state index >= 15 is 0 Å². The van der Waals surface area contributed by atoms with Crippen LogP contribution in [0.3, 0.4) is 0 Å². The quantitative estimate of drug-likeness (QED) is 0.195. The zero-order valence-corrected chi connectivity index (χ0v) is 24.1. The molecule has 9 aromatic rings. The van der Waals surface area contributed by atoms with Crippen LogP contribution in [0.2, 0.25) is 0 Å². The van der Waals surface area contributed by atoms with Gasteiger partial charge in [-0.2, -0.15) is 0 Å². The van der Waals surface area contributed by atoms with Crippen LogP contribution in [0.1, 0.15) is 0 Å². The van der Waals surface area contributed by atoms with Gasteiger partial charge in [-0.05, 0) is 56.1 Å². The summed E-state index contributed by atoms with van der Waals surface area (Å²) in [5.74, 6) is 0. The largest absolute Gasteiger partial charge is 0.255 e. The van der Waals surface area contributed by atoms with Crippen LogP contribution in [0, 0.1) is 0 Å². The molecule has 200 valence electrons. The number of nitrogens with zero attached hydrogens (tertiary/aromatic N) is 1. The van der Waals surface area contributed by atoms with Crippen molar-refractivity contribution >= 4 is 64.0 Å². The predicted octanol–water partition coefficient (Wildman–Crippen LogP) is 11.9. The molecule has 2 heterocycles. The number of rotatable bonds is 3. The van der Waals surface area contributed by atoms with Gasteiger partial charge in [0.1, 0.15) is 0 Å². The molecule has 2 heteroatoms. The Morgan fingerprint density at radius 3 is 1.58 bits per heavy atom. The van der Waals surface area contributed by atoms with Crippen molar-refractivity contribution in [1.82, 2.24) is 4.98 Å². The lowest BCUT2D eigenvalue weighted by molar-refractivity contribution is 1.42. The van der Waals surface area contributed by atoms with Crippen molar-refractivity contribution in [2.75, 3.05) is 0 Å². The fraction of sp³-hybridized carbons (Fsp3) is 0. The summed E-state index contributed by atoms with van der Waals surface area (Å²) in [6.45, 7) is 0. The summed E-state index contributed by atoms with van der Waals surface area (Å²) in [5.41, 5.74) is 8.40. The molecular weight excluding hydrogens is 539 g/mol. The number of thiophene rings is 1. The van der Waals surface area contributed by atoms with E-state index in [1.807, 2.05) is 17.5 Å². The molecule has 0 saturated heterocycles. The van der Waals surface area contributed by atoms with E-state index in [9.17, 15) is 0 Å². The third-order valence-corrected chi connectivity index (χ3v) is 9.98.